The maximum absolute atomic E-state index is 12.2. The second kappa shape index (κ2) is 44.2. The number of aromatic nitrogens is 16. The third-order valence-corrected chi connectivity index (χ3v) is 26.5. The molecule has 0 aromatic carbocycles. The molecular weight excluding hydrogens is 1620 g/mol. The number of amides is 5. The van der Waals surface area contributed by atoms with Gasteiger partial charge in [0.2, 0.25) is 26.8 Å². The Balaban J connectivity index is 0.000000238. The van der Waals surface area contributed by atoms with Crippen molar-refractivity contribution >= 4 is 52.0 Å². The monoisotopic (exact) mass is 1750 g/mol. The normalized spacial score (nSPS) is 24.1. The van der Waals surface area contributed by atoms with Crippen molar-refractivity contribution in [2.45, 2.75) is 263 Å². The molecule has 0 unspecified atom stereocenters. The summed E-state index contributed by atoms with van der Waals surface area (Å²) in [5.74, 6) is 5.82. The minimum atomic E-state index is -3.40. The maximum atomic E-state index is 12.2. The summed E-state index contributed by atoms with van der Waals surface area (Å²) in [6.45, 7) is 0.0798. The second-order valence-electron chi connectivity index (χ2n) is 34.8. The third-order valence-electron chi connectivity index (χ3n) is 25.6. The summed E-state index contributed by atoms with van der Waals surface area (Å²) in [7, 11) is 4.52. The van der Waals surface area contributed by atoms with Crippen molar-refractivity contribution in [3.05, 3.63) is 114 Å². The molecular formula is C87H132ClN22NaO11S. The Morgan fingerprint density at radius 2 is 0.805 bits per heavy atom. The van der Waals surface area contributed by atoms with Gasteiger partial charge in [0.1, 0.15) is 28.6 Å². The molecule has 33 nitrogen and oxygen atoms in total. The van der Waals surface area contributed by atoms with E-state index in [-0.39, 0.29) is 130 Å². The van der Waals surface area contributed by atoms with E-state index in [4.69, 9.17) is 32.2 Å². The summed E-state index contributed by atoms with van der Waals surface area (Å²) < 4.78 is 30.9. The number of carboxylic acids is 1. The largest absolute Gasteiger partial charge is 1.00 e. The van der Waals surface area contributed by atoms with Crippen LogP contribution in [0.1, 0.15) is 230 Å². The second-order valence-corrected chi connectivity index (χ2v) is 36.7. The van der Waals surface area contributed by atoms with E-state index in [9.17, 15) is 42.6 Å². The number of urea groups is 1. The zero-order valence-electron chi connectivity index (χ0n) is 69.3. The Morgan fingerprint density at radius 3 is 1.11 bits per heavy atom. The Morgan fingerprint density at radius 1 is 0.480 bits per heavy atom. The van der Waals surface area contributed by atoms with Gasteiger partial charge in [-0.1, -0.05) is 29.7 Å². The van der Waals surface area contributed by atoms with Gasteiger partial charge in [0, 0.05) is 142 Å². The summed E-state index contributed by atoms with van der Waals surface area (Å²) >= 11 is 0. The average Bonchev–Trinajstić information content (AvgIpc) is 1.66. The van der Waals surface area contributed by atoms with Crippen LogP contribution in [0.5, 0.6) is 0 Å². The van der Waals surface area contributed by atoms with E-state index in [0.717, 1.165) is 214 Å². The molecule has 36 heteroatoms. The van der Waals surface area contributed by atoms with Crippen LogP contribution in [0.15, 0.2) is 79.0 Å². The van der Waals surface area contributed by atoms with Gasteiger partial charge in [-0.2, -0.15) is 20.4 Å². The van der Waals surface area contributed by atoms with Gasteiger partial charge >= 0.3 is 41.6 Å². The van der Waals surface area contributed by atoms with Crippen LogP contribution in [0.3, 0.4) is 0 Å². The molecule has 2 saturated heterocycles. The number of nitrogens with zero attached hydrogens (tertiary/aromatic N) is 16. The summed E-state index contributed by atoms with van der Waals surface area (Å²) in [4.78, 5) is 93.4. The van der Waals surface area contributed by atoms with E-state index in [1.807, 2.05) is 102 Å². The molecule has 5 amide bonds. The number of carbonyl (C=O) groups is 5. The number of nitrogens with two attached hydrogens (primary N) is 3. The fourth-order valence-corrected chi connectivity index (χ4v) is 17.7. The van der Waals surface area contributed by atoms with Gasteiger partial charge < -0.3 is 43.7 Å². The first kappa shape index (κ1) is 103. The van der Waals surface area contributed by atoms with Crippen molar-refractivity contribution in [1.82, 2.24) is 94.9 Å². The van der Waals surface area contributed by atoms with Crippen LogP contribution in [-0.2, 0) is 102 Å². The Labute approximate surface area is 752 Å². The Hall–Kier alpha value is -8.29. The van der Waals surface area contributed by atoms with Crippen LogP contribution in [-0.4, -0.2) is 174 Å². The van der Waals surface area contributed by atoms with E-state index in [1.165, 1.54) is 74.6 Å². The van der Waals surface area contributed by atoms with E-state index < -0.39 is 32.3 Å². The molecule has 8 aromatic heterocycles. The molecule has 0 bridgehead atoms. The summed E-state index contributed by atoms with van der Waals surface area (Å²) in [6.07, 6.45) is 45.8. The zero-order chi connectivity index (χ0) is 81.0. The van der Waals surface area contributed by atoms with Gasteiger partial charge in [0.25, 0.3) is 5.91 Å². The van der Waals surface area contributed by atoms with Crippen LogP contribution in [0.4, 0.5) is 4.79 Å². The number of hydrogen-bond acceptors (Lipinski definition) is 24. The van der Waals surface area contributed by atoms with Gasteiger partial charge in [0.05, 0.1) is 59.6 Å². The van der Waals surface area contributed by atoms with Crippen LogP contribution in [0.25, 0.3) is 45.0 Å². The van der Waals surface area contributed by atoms with Gasteiger partial charge in [-0.15, -0.1) is 12.4 Å². The average molecular weight is 1750 g/mol. The molecule has 123 heavy (non-hydrogen) atoms. The van der Waals surface area contributed by atoms with Crippen molar-refractivity contribution in [2.24, 2.45) is 92.2 Å². The number of imide groups is 2. The van der Waals surface area contributed by atoms with E-state index in [0.29, 0.717) is 55.6 Å². The number of carboxylic acid groups (broad SMARTS) is 1. The van der Waals surface area contributed by atoms with Gasteiger partial charge in [0.15, 0.2) is 0 Å². The Kier molecular flexibility index (Phi) is 37.2. The SMILES string of the molecule is C.C.C.C.Cl.Cn1ncc(-c2ccnc(CC3CCC(N)(C(=O)O)CC3)n2)c1CC1CC1.Cn1ncc(-c2ccnc(CC3CCC(N)(CO)CC3)n2)c1CC1CC1.Cn1ncc(-c2ccnc(CC3CCC4(CC3)CC(=O)NC4=O)n2)c1CC1CC1.Cn1ncc(-c2ccnc(S(C)(=O)=O)n2)c1CC1CC1.NC1CCC2(CC1)NC(=O)NC2=O.O.[Na+].[OH-]. The maximum Gasteiger partial charge on any atom is 1.00 e. The molecule has 0 atom stereocenters. The predicted octanol–water partition coefficient (Wildman–Crippen LogP) is 6.86. The Bertz CT molecular complexity index is 4950. The fourth-order valence-electron chi connectivity index (χ4n) is 17.2. The van der Waals surface area contributed by atoms with Crippen LogP contribution < -0.4 is 62.7 Å². The number of aliphatic hydroxyl groups is 1. The predicted molar refractivity (Wildman–Crippen MR) is 467 cm³/mol. The van der Waals surface area contributed by atoms with Crippen molar-refractivity contribution in [3.8, 4) is 45.0 Å². The molecule has 2 aliphatic heterocycles. The number of aliphatic carboxylic acids is 1. The van der Waals surface area contributed by atoms with Crippen LogP contribution >= 0.6 is 12.4 Å². The molecule has 14 N–H and O–H groups in total. The standard InChI is InChI=1S/C22H27N5O2.C20H27N5O2.C20H29N5O.C13H16N4O2S.C8H13N3O2.4CH4.ClH.Na.2H2O/c1-27-18(10-14-2-3-14)16(13-24-27)17-6-9-23-19(25-17)11-15-4-7-22(8-5-15)12-20(28)26-21(22)29;1-25-17(10-13-2-3-13)15(12-23-25)16-6-9-22-18(24-16)11-14-4-7-20(21,8-5-14)19(26)27;1-25-18(10-14-2-3-14)16(12-23-25)17-6-9-22-19(24-17)11-15-4-7-20(21,13-26)8-5-15;1-17-12(7-9-3-4-9)10(8-15-17)11-5-6-14-13(16-11)20(2,18)19;9-5-1-3-8(4-2-5)6(12)10-7(13)11-8;;;;;;;;/h6,9,13-15H,2-5,7-8,10-12H2,1H3,(H,26,28,29);6,9,12-14H,2-5,7-8,10-11,21H2,1H3,(H,26,27);6,9,12,14-15,26H,2-5,7-8,10-11,13,21H2,1H3;5-6,8-9H,3-4,7H2,1-2H3;5H,1-4,9H2,(H2,10,11,12,13);4*1H4;1H;;2*1H2/q;;;;;;;;;;+1;;/p-1. The molecule has 0 radical (unpaired) electrons. The van der Waals surface area contributed by atoms with Crippen LogP contribution in [0, 0.1) is 46.8 Å². The molecule has 8 aliphatic carbocycles. The number of hydrogen-bond donors (Lipinski definition) is 8. The molecule has 8 saturated carbocycles. The summed E-state index contributed by atoms with van der Waals surface area (Å²) in [5, 5.41) is 43.6. The molecule has 670 valence electrons. The van der Waals surface area contributed by atoms with Crippen molar-refractivity contribution in [3.63, 3.8) is 0 Å². The number of nitrogens with one attached hydrogen (secondary N) is 3. The van der Waals surface area contributed by atoms with E-state index >= 15 is 0 Å². The van der Waals surface area contributed by atoms with Gasteiger partial charge in [-0.3, -0.25) is 48.5 Å². The van der Waals surface area contributed by atoms with Crippen molar-refractivity contribution in [2.75, 3.05) is 12.9 Å². The van der Waals surface area contributed by atoms with Crippen molar-refractivity contribution in [1.29, 1.82) is 0 Å². The number of halogens is 1. The minimum absolute atomic E-state index is 0. The molecule has 18 rings (SSSR count). The minimum Gasteiger partial charge on any atom is -0.870 e. The van der Waals surface area contributed by atoms with Crippen LogP contribution in [0.2, 0.25) is 0 Å². The number of aliphatic hydroxyl groups excluding tert-OH is 1. The van der Waals surface area contributed by atoms with E-state index in [1.54, 1.807) is 12.3 Å². The van der Waals surface area contributed by atoms with Gasteiger partial charge in [-0.05, 0) is 245 Å². The smallest absolute Gasteiger partial charge is 0.870 e. The topological polar surface area (TPSA) is 510 Å². The number of aryl methyl sites for hydroxylation is 4. The molecule has 8 aromatic rings. The zero-order valence-corrected chi connectivity index (χ0v) is 72.9. The molecule has 10 aliphatic rings. The number of rotatable bonds is 21. The summed E-state index contributed by atoms with van der Waals surface area (Å²) in [6, 6.07) is 7.45. The molecule has 10 fully saturated rings. The first-order chi connectivity index (χ1) is 55.1. The van der Waals surface area contributed by atoms with Gasteiger partial charge in [-0.25, -0.2) is 53.1 Å². The van der Waals surface area contributed by atoms with Crippen molar-refractivity contribution < 1.29 is 83.1 Å². The molecule has 10 heterocycles. The third kappa shape index (κ3) is 26.2. The fraction of sp³-hybridized carbons (Fsp3) is 0.621. The summed E-state index contributed by atoms with van der Waals surface area (Å²) in [5.41, 5.74) is 28.0. The first-order valence-electron chi connectivity index (χ1n) is 41.3. The number of carbonyl (C=O) groups excluding carboxylic acids is 4. The van der Waals surface area contributed by atoms with E-state index in [2.05, 4.69) is 61.3 Å². The number of sulfone groups is 1. The quantitative estimate of drug-likeness (QED) is 0.0158. The molecule has 2 spiro atoms. The first-order valence-corrected chi connectivity index (χ1v) is 43.2.